The van der Waals surface area contributed by atoms with Crippen molar-refractivity contribution in [1.29, 1.82) is 0 Å². The monoisotopic (exact) mass is 299 g/mol. The molecule has 0 aromatic carbocycles. The molecule has 0 radical (unpaired) electrons. The molecule has 2 N–H and O–H groups in total. The molecule has 0 aliphatic heterocycles. The van der Waals surface area contributed by atoms with Crippen molar-refractivity contribution < 1.29 is 0 Å². The second kappa shape index (κ2) is 6.49. The van der Waals surface area contributed by atoms with Crippen molar-refractivity contribution in [2.45, 2.75) is 19.9 Å². The minimum Gasteiger partial charge on any atom is -0.365 e. The lowest BCUT2D eigenvalue weighted by Crippen LogP contribution is -2.08. The van der Waals surface area contributed by atoms with Gasteiger partial charge in [-0.3, -0.25) is 4.98 Å². The second-order valence-electron chi connectivity index (χ2n) is 4.68. The van der Waals surface area contributed by atoms with Gasteiger partial charge in [-0.1, -0.05) is 13.0 Å². The predicted octanol–water partition coefficient (Wildman–Crippen LogP) is 3.52. The van der Waals surface area contributed by atoms with Crippen LogP contribution in [-0.4, -0.2) is 21.5 Å². The van der Waals surface area contributed by atoms with Gasteiger partial charge >= 0.3 is 0 Å². The van der Waals surface area contributed by atoms with E-state index in [4.69, 9.17) is 0 Å². The Bertz CT molecular complexity index is 710. The fourth-order valence-electron chi connectivity index (χ4n) is 1.99. The van der Waals surface area contributed by atoms with E-state index in [1.165, 1.54) is 0 Å². The van der Waals surface area contributed by atoms with Crippen molar-refractivity contribution in [3.8, 4) is 0 Å². The Labute approximate surface area is 127 Å². The number of thiophene rings is 1. The van der Waals surface area contributed by atoms with Crippen LogP contribution in [0.1, 0.15) is 18.9 Å². The van der Waals surface area contributed by atoms with E-state index in [0.29, 0.717) is 12.5 Å². The third-order valence-corrected chi connectivity index (χ3v) is 3.85. The first kappa shape index (κ1) is 13.8. The Morgan fingerprint density at radius 3 is 2.95 bits per heavy atom. The van der Waals surface area contributed by atoms with Crippen LogP contribution in [-0.2, 0) is 6.54 Å². The maximum atomic E-state index is 4.58. The van der Waals surface area contributed by atoms with Gasteiger partial charge in [0.2, 0.25) is 5.95 Å². The lowest BCUT2D eigenvalue weighted by Gasteiger charge is -2.09. The zero-order valence-corrected chi connectivity index (χ0v) is 12.7. The summed E-state index contributed by atoms with van der Waals surface area (Å²) in [6.45, 7) is 3.69. The normalized spacial score (nSPS) is 10.7. The highest BCUT2D eigenvalue weighted by molar-refractivity contribution is 7.16. The molecule has 5 nitrogen and oxygen atoms in total. The third kappa shape index (κ3) is 3.28. The number of fused-ring (bicyclic) bond motifs is 1. The molecule has 3 aromatic rings. The Kier molecular flexibility index (Phi) is 4.25. The van der Waals surface area contributed by atoms with Gasteiger partial charge in [-0.25, -0.2) is 4.98 Å². The molecule has 0 aliphatic carbocycles. The van der Waals surface area contributed by atoms with E-state index in [-0.39, 0.29) is 0 Å². The molecule has 0 amide bonds. The van der Waals surface area contributed by atoms with Crippen LogP contribution in [0.2, 0.25) is 0 Å². The second-order valence-corrected chi connectivity index (χ2v) is 5.57. The topological polar surface area (TPSA) is 62.7 Å². The maximum Gasteiger partial charge on any atom is 0.226 e. The van der Waals surface area contributed by atoms with E-state index in [1.807, 2.05) is 23.7 Å². The summed E-state index contributed by atoms with van der Waals surface area (Å²) in [7, 11) is 0. The van der Waals surface area contributed by atoms with Gasteiger partial charge in [-0.05, 0) is 29.5 Å². The Morgan fingerprint density at radius 1 is 1.19 bits per heavy atom. The SMILES string of the molecule is CCCNc1nc(NCc2cccnc2)c2ccsc2n1. The van der Waals surface area contributed by atoms with Gasteiger partial charge in [-0.15, -0.1) is 11.3 Å². The molecule has 3 heterocycles. The molecule has 3 rings (SSSR count). The van der Waals surface area contributed by atoms with Gasteiger partial charge < -0.3 is 10.6 Å². The van der Waals surface area contributed by atoms with E-state index < -0.39 is 0 Å². The van der Waals surface area contributed by atoms with Crippen molar-refractivity contribution in [3.63, 3.8) is 0 Å². The Balaban J connectivity index is 1.83. The average Bonchev–Trinajstić information content (AvgIpc) is 3.00. The molecule has 0 atom stereocenters. The molecule has 0 fully saturated rings. The zero-order chi connectivity index (χ0) is 14.5. The minimum absolute atomic E-state index is 0.681. The van der Waals surface area contributed by atoms with E-state index in [2.05, 4.69) is 38.6 Å². The van der Waals surface area contributed by atoms with E-state index in [1.54, 1.807) is 17.5 Å². The summed E-state index contributed by atoms with van der Waals surface area (Å²) in [4.78, 5) is 14.2. The first-order valence-corrected chi connectivity index (χ1v) is 7.86. The maximum absolute atomic E-state index is 4.58. The fraction of sp³-hybridized carbons (Fsp3) is 0.267. The highest BCUT2D eigenvalue weighted by atomic mass is 32.1. The molecule has 108 valence electrons. The number of rotatable bonds is 6. The lowest BCUT2D eigenvalue weighted by atomic mass is 10.3. The highest BCUT2D eigenvalue weighted by Gasteiger charge is 2.08. The Morgan fingerprint density at radius 2 is 2.14 bits per heavy atom. The van der Waals surface area contributed by atoms with E-state index >= 15 is 0 Å². The van der Waals surface area contributed by atoms with Crippen LogP contribution in [0.4, 0.5) is 11.8 Å². The summed E-state index contributed by atoms with van der Waals surface area (Å²) >= 11 is 1.63. The molecule has 6 heteroatoms. The van der Waals surface area contributed by atoms with Crippen molar-refractivity contribution in [3.05, 3.63) is 41.5 Å². The molecule has 3 aromatic heterocycles. The summed E-state index contributed by atoms with van der Waals surface area (Å²) in [5.74, 6) is 1.55. The smallest absolute Gasteiger partial charge is 0.226 e. The summed E-state index contributed by atoms with van der Waals surface area (Å²) < 4.78 is 0. The summed E-state index contributed by atoms with van der Waals surface area (Å²) in [5.41, 5.74) is 1.13. The number of hydrogen-bond acceptors (Lipinski definition) is 6. The van der Waals surface area contributed by atoms with Gasteiger partial charge in [0, 0.05) is 25.5 Å². The Hall–Kier alpha value is -2.21. The summed E-state index contributed by atoms with van der Waals surface area (Å²) in [6, 6.07) is 6.03. The lowest BCUT2D eigenvalue weighted by molar-refractivity contribution is 0.956. The minimum atomic E-state index is 0.681. The van der Waals surface area contributed by atoms with Crippen LogP contribution < -0.4 is 10.6 Å². The van der Waals surface area contributed by atoms with E-state index in [9.17, 15) is 0 Å². The molecular weight excluding hydrogens is 282 g/mol. The van der Waals surface area contributed by atoms with Crippen molar-refractivity contribution in [2.75, 3.05) is 17.2 Å². The molecule has 0 saturated carbocycles. The quantitative estimate of drug-likeness (QED) is 0.729. The summed E-state index contributed by atoms with van der Waals surface area (Å²) in [5, 5.41) is 9.73. The predicted molar refractivity (Wildman–Crippen MR) is 87.8 cm³/mol. The van der Waals surface area contributed by atoms with Crippen LogP contribution in [0.15, 0.2) is 36.0 Å². The number of nitrogens with zero attached hydrogens (tertiary/aromatic N) is 3. The number of hydrogen-bond donors (Lipinski definition) is 2. The van der Waals surface area contributed by atoms with Gasteiger partial charge in [0.1, 0.15) is 10.6 Å². The molecular formula is C15H17N5S. The third-order valence-electron chi connectivity index (χ3n) is 3.04. The summed E-state index contributed by atoms with van der Waals surface area (Å²) in [6.07, 6.45) is 4.68. The van der Waals surface area contributed by atoms with Crippen LogP contribution in [0, 0.1) is 0 Å². The molecule has 0 spiro atoms. The van der Waals surface area contributed by atoms with Crippen LogP contribution in [0.3, 0.4) is 0 Å². The van der Waals surface area contributed by atoms with Gasteiger partial charge in [0.15, 0.2) is 0 Å². The van der Waals surface area contributed by atoms with Crippen LogP contribution in [0.5, 0.6) is 0 Å². The van der Waals surface area contributed by atoms with Gasteiger partial charge in [-0.2, -0.15) is 4.98 Å². The molecule has 0 saturated heterocycles. The standard InChI is InChI=1S/C15H17N5S/c1-2-6-17-15-19-13(12-5-8-21-14(12)20-15)18-10-11-4-3-7-16-9-11/h3-5,7-9H,2,6,10H2,1H3,(H2,17,18,19,20). The van der Waals surface area contributed by atoms with Crippen molar-refractivity contribution >= 4 is 33.3 Å². The zero-order valence-electron chi connectivity index (χ0n) is 11.8. The largest absolute Gasteiger partial charge is 0.365 e. The number of pyridine rings is 1. The number of nitrogens with one attached hydrogen (secondary N) is 2. The fourth-order valence-corrected chi connectivity index (χ4v) is 2.76. The highest BCUT2D eigenvalue weighted by Crippen LogP contribution is 2.26. The number of aromatic nitrogens is 3. The first-order chi connectivity index (χ1) is 10.4. The van der Waals surface area contributed by atoms with E-state index in [0.717, 1.165) is 34.6 Å². The number of anilines is 2. The van der Waals surface area contributed by atoms with Crippen LogP contribution in [0.25, 0.3) is 10.2 Å². The van der Waals surface area contributed by atoms with Crippen molar-refractivity contribution in [2.24, 2.45) is 0 Å². The van der Waals surface area contributed by atoms with Crippen molar-refractivity contribution in [1.82, 2.24) is 15.0 Å². The molecule has 21 heavy (non-hydrogen) atoms. The van der Waals surface area contributed by atoms with Gasteiger partial charge in [0.05, 0.1) is 5.39 Å². The first-order valence-electron chi connectivity index (χ1n) is 6.98. The average molecular weight is 299 g/mol. The van der Waals surface area contributed by atoms with Crippen LogP contribution >= 0.6 is 11.3 Å². The molecule has 0 aliphatic rings. The van der Waals surface area contributed by atoms with Gasteiger partial charge in [0.25, 0.3) is 0 Å². The molecule has 0 unspecified atom stereocenters. The molecule has 0 bridgehead atoms.